The van der Waals surface area contributed by atoms with Gasteiger partial charge in [-0.3, -0.25) is 0 Å². The molecule has 5 radical (unpaired) electrons. The molecule has 0 saturated heterocycles. The van der Waals surface area contributed by atoms with Crippen LogP contribution in [0, 0.1) is 31.6 Å². The highest BCUT2D eigenvalue weighted by molar-refractivity contribution is 5.51. The molecule has 4 heterocycles. The Morgan fingerprint density at radius 3 is 1.75 bits per heavy atom. The molecule has 3 aliphatic rings. The number of hydrogen-bond acceptors (Lipinski definition) is 4. The van der Waals surface area contributed by atoms with E-state index in [1.165, 1.54) is 27.9 Å². The maximum Gasteiger partial charge on any atom is 0.353 e. The van der Waals surface area contributed by atoms with Crippen molar-refractivity contribution in [1.29, 1.82) is 0 Å². The van der Waals surface area contributed by atoms with E-state index in [1.807, 2.05) is 75.1 Å². The third-order valence-electron chi connectivity index (χ3n) is 8.92. The van der Waals surface area contributed by atoms with E-state index in [2.05, 4.69) is 0 Å². The van der Waals surface area contributed by atoms with Gasteiger partial charge in [0.2, 0.25) is 0 Å². The Balaban J connectivity index is 1.51. The van der Waals surface area contributed by atoms with Gasteiger partial charge in [0.25, 0.3) is 0 Å². The van der Waals surface area contributed by atoms with Crippen LogP contribution in [0.25, 0.3) is 11.4 Å². The van der Waals surface area contributed by atoms with E-state index < -0.39 is 34.3 Å². The lowest BCUT2D eigenvalue weighted by atomic mass is 9.71. The van der Waals surface area contributed by atoms with E-state index in [0.717, 1.165) is 22.6 Å². The van der Waals surface area contributed by atoms with Gasteiger partial charge in [0.15, 0.2) is 0 Å². The first-order valence-corrected chi connectivity index (χ1v) is 14.4. The Morgan fingerprint density at radius 1 is 0.636 bits per heavy atom. The molecule has 10 nitrogen and oxygen atoms in total. The Kier molecular flexibility index (Phi) is 5.84. The maximum atomic E-state index is 14.6. The van der Waals surface area contributed by atoms with Gasteiger partial charge in [0, 0.05) is 5.92 Å². The summed E-state index contributed by atoms with van der Waals surface area (Å²) in [4.78, 5) is 57.2. The van der Waals surface area contributed by atoms with E-state index in [9.17, 15) is 19.2 Å². The van der Waals surface area contributed by atoms with Crippen LogP contribution in [0.3, 0.4) is 0 Å². The monoisotopic (exact) mass is 583 g/mol. The number of allylic oxidation sites excluding steroid dienone is 2. The van der Waals surface area contributed by atoms with E-state index in [4.69, 9.17) is 0 Å². The Hall–Kier alpha value is -5.12. The van der Waals surface area contributed by atoms with Crippen LogP contribution in [0.2, 0.25) is 0 Å². The summed E-state index contributed by atoms with van der Waals surface area (Å²) < 4.78 is 8.28. The molecule has 2 atom stereocenters. The highest BCUT2D eigenvalue weighted by atomic mass is 16.2. The highest BCUT2D eigenvalue weighted by Gasteiger charge is 2.55. The zero-order valence-electron chi connectivity index (χ0n) is 23.8. The van der Waals surface area contributed by atoms with Crippen molar-refractivity contribution in [3.63, 3.8) is 0 Å². The third kappa shape index (κ3) is 3.48. The molecule has 2 aromatic heterocycles. The molecular weight excluding hydrogens is 556 g/mol. The summed E-state index contributed by atoms with van der Waals surface area (Å²) in [7, 11) is 0. The molecule has 2 aliphatic heterocycles. The number of aromatic nitrogens is 6. The van der Waals surface area contributed by atoms with Crippen LogP contribution in [0.1, 0.15) is 18.5 Å². The van der Waals surface area contributed by atoms with Crippen molar-refractivity contribution in [1.82, 2.24) is 27.9 Å². The van der Waals surface area contributed by atoms with Gasteiger partial charge in [-0.25, -0.2) is 47.0 Å². The van der Waals surface area contributed by atoms with Gasteiger partial charge >= 0.3 is 22.8 Å². The van der Waals surface area contributed by atoms with Crippen LogP contribution in [-0.4, -0.2) is 27.9 Å². The largest absolute Gasteiger partial charge is 0.353 e. The molecule has 0 spiro atoms. The summed E-state index contributed by atoms with van der Waals surface area (Å²) in [6, 6.07) is 26.4. The molecule has 3 aromatic carbocycles. The number of para-hydroxylation sites is 2. The second kappa shape index (κ2) is 9.70. The van der Waals surface area contributed by atoms with Crippen molar-refractivity contribution >= 4 is 0 Å². The molecular formula is C34H27N6O4. The van der Waals surface area contributed by atoms with Crippen LogP contribution in [-0.2, 0) is 18.6 Å². The average molecular weight is 584 g/mol. The van der Waals surface area contributed by atoms with Gasteiger partial charge in [-0.05, 0) is 73.6 Å². The number of rotatable bonds is 4. The summed E-state index contributed by atoms with van der Waals surface area (Å²) >= 11 is 0. The smallest absolute Gasteiger partial charge is 0.246 e. The lowest BCUT2D eigenvalue weighted by molar-refractivity contribution is 0.166. The molecule has 0 bridgehead atoms. The standard InChI is InChI=1S/C34H27N6O4/c1-23-21-35-30(41)38(27-19-9-4-10-20-27)33(44)40(35)34(25-15-5-2-6-16-25)22-36-31(42)37(26-17-7-3-8-18-26)32(43)39(36)29(28(23)34)24-13-11-12-14-24/h2-20,29H,21-22H2,1H3. The highest BCUT2D eigenvalue weighted by Crippen LogP contribution is 2.51. The van der Waals surface area contributed by atoms with Gasteiger partial charge in [-0.1, -0.05) is 66.7 Å². The predicted molar refractivity (Wildman–Crippen MR) is 164 cm³/mol. The molecule has 8 rings (SSSR count). The lowest BCUT2D eigenvalue weighted by Gasteiger charge is -2.49. The normalized spacial score (nSPS) is 21.2. The Morgan fingerprint density at radius 2 is 1.16 bits per heavy atom. The summed E-state index contributed by atoms with van der Waals surface area (Å²) in [5.74, 6) is 0.798. The molecule has 1 fully saturated rings. The molecule has 5 aromatic rings. The first-order chi connectivity index (χ1) is 21.4. The molecule has 0 amide bonds. The van der Waals surface area contributed by atoms with E-state index in [0.29, 0.717) is 11.4 Å². The van der Waals surface area contributed by atoms with Crippen molar-refractivity contribution < 1.29 is 0 Å². The second-order valence-electron chi connectivity index (χ2n) is 11.3. The fourth-order valence-electron chi connectivity index (χ4n) is 7.16. The quantitative estimate of drug-likeness (QED) is 0.304. The number of nitrogens with zero attached hydrogens (tertiary/aromatic N) is 6. The summed E-state index contributed by atoms with van der Waals surface area (Å²) in [6.07, 6.45) is 7.63. The van der Waals surface area contributed by atoms with E-state index >= 15 is 0 Å². The zero-order valence-corrected chi connectivity index (χ0v) is 23.8. The summed E-state index contributed by atoms with van der Waals surface area (Å²) in [5.41, 5.74) is -0.0616. The van der Waals surface area contributed by atoms with Crippen molar-refractivity contribution in [3.8, 4) is 11.4 Å². The van der Waals surface area contributed by atoms with E-state index in [1.54, 1.807) is 48.5 Å². The van der Waals surface area contributed by atoms with Crippen LogP contribution < -0.4 is 22.8 Å². The van der Waals surface area contributed by atoms with Crippen LogP contribution in [0.15, 0.2) is 121 Å². The van der Waals surface area contributed by atoms with Gasteiger partial charge in [-0.15, -0.1) is 0 Å². The SMILES string of the molecule is CC1=C2C([C]3[CH][CH][CH][CH]3)n3c(=O)n(-c4ccccc4)c(=O)n3CC2(c2ccccc2)n2c(=O)n(-c3ccccc3)c(=O)n2C1. The fourth-order valence-corrected chi connectivity index (χ4v) is 7.16. The number of hydrogen-bond donors (Lipinski definition) is 0. The minimum atomic E-state index is -1.30. The predicted octanol–water partition coefficient (Wildman–Crippen LogP) is 2.65. The van der Waals surface area contributed by atoms with Crippen LogP contribution >= 0.6 is 0 Å². The van der Waals surface area contributed by atoms with Gasteiger partial charge < -0.3 is 0 Å². The Labute approximate surface area is 251 Å². The van der Waals surface area contributed by atoms with Gasteiger partial charge in [0.05, 0.1) is 30.5 Å². The van der Waals surface area contributed by atoms with E-state index in [-0.39, 0.29) is 13.1 Å². The molecule has 1 saturated carbocycles. The molecule has 217 valence electrons. The molecule has 1 aliphatic carbocycles. The molecule has 2 unspecified atom stereocenters. The zero-order chi connectivity index (χ0) is 30.2. The van der Waals surface area contributed by atoms with Gasteiger partial charge in [0.1, 0.15) is 5.54 Å². The average Bonchev–Trinajstić information content (AvgIpc) is 3.74. The van der Waals surface area contributed by atoms with Crippen molar-refractivity contribution in [2.75, 3.05) is 0 Å². The van der Waals surface area contributed by atoms with Crippen molar-refractivity contribution in [3.05, 3.63) is 181 Å². The minimum Gasteiger partial charge on any atom is -0.246 e. The second-order valence-corrected chi connectivity index (χ2v) is 11.3. The van der Waals surface area contributed by atoms with Crippen molar-refractivity contribution in [2.24, 2.45) is 0 Å². The van der Waals surface area contributed by atoms with Crippen LogP contribution in [0.4, 0.5) is 0 Å². The van der Waals surface area contributed by atoms with Crippen molar-refractivity contribution in [2.45, 2.75) is 31.6 Å². The lowest BCUT2D eigenvalue weighted by Crippen LogP contribution is -2.60. The molecule has 0 N–H and O–H groups in total. The number of fused-ring (bicyclic) bond motifs is 4. The number of benzene rings is 3. The topological polar surface area (TPSA) is 97.9 Å². The maximum absolute atomic E-state index is 14.6. The summed E-state index contributed by atoms with van der Waals surface area (Å²) in [6.45, 7) is 2.01. The molecule has 44 heavy (non-hydrogen) atoms. The minimum absolute atomic E-state index is 0.0764. The van der Waals surface area contributed by atoms with Crippen LogP contribution in [0.5, 0.6) is 0 Å². The molecule has 10 heteroatoms. The first kappa shape index (κ1) is 26.5. The Bertz CT molecular complexity index is 2170. The van der Waals surface area contributed by atoms with Gasteiger partial charge in [-0.2, -0.15) is 0 Å². The summed E-state index contributed by atoms with van der Waals surface area (Å²) in [5, 5.41) is 0. The fraction of sp³-hybridized carbons (Fsp3) is 0.147. The first-order valence-electron chi connectivity index (χ1n) is 14.4. The third-order valence-corrected chi connectivity index (χ3v) is 8.92.